The van der Waals surface area contributed by atoms with Crippen LogP contribution in [0.25, 0.3) is 0 Å². The van der Waals surface area contributed by atoms with Crippen molar-refractivity contribution in [3.8, 4) is 0 Å². The number of benzene rings is 1. The van der Waals surface area contributed by atoms with Gasteiger partial charge in [-0.15, -0.1) is 11.6 Å². The van der Waals surface area contributed by atoms with E-state index in [1.807, 2.05) is 26.0 Å². The molecule has 4 heteroatoms. The third-order valence-corrected chi connectivity index (χ3v) is 4.97. The summed E-state index contributed by atoms with van der Waals surface area (Å²) >= 11 is 5.84. The van der Waals surface area contributed by atoms with Gasteiger partial charge in [0, 0.05) is 5.88 Å². The van der Waals surface area contributed by atoms with E-state index in [2.05, 4.69) is 19.1 Å². The molecule has 0 aliphatic carbocycles. The van der Waals surface area contributed by atoms with E-state index in [0.29, 0.717) is 11.6 Å². The fourth-order valence-corrected chi connectivity index (χ4v) is 2.98. The van der Waals surface area contributed by atoms with Crippen LogP contribution >= 0.6 is 11.6 Å². The Bertz CT molecular complexity index is 633. The summed E-state index contributed by atoms with van der Waals surface area (Å²) in [4.78, 5) is 12.6. The van der Waals surface area contributed by atoms with Crippen LogP contribution in [-0.2, 0) is 22.0 Å². The van der Waals surface area contributed by atoms with Crippen LogP contribution in [-0.4, -0.2) is 5.97 Å². The van der Waals surface area contributed by atoms with Gasteiger partial charge in [-0.2, -0.15) is 0 Å². The molecule has 0 amide bonds. The molecule has 0 saturated carbocycles. The number of furan rings is 1. The summed E-state index contributed by atoms with van der Waals surface area (Å²) < 4.78 is 10.7. The molecular formula is C20H25ClO3. The molecule has 24 heavy (non-hydrogen) atoms. The molecule has 0 aliphatic heterocycles. The smallest absolute Gasteiger partial charge is 0.312 e. The lowest BCUT2D eigenvalue weighted by molar-refractivity contribution is -0.157. The van der Waals surface area contributed by atoms with E-state index in [4.69, 9.17) is 20.8 Å². The van der Waals surface area contributed by atoms with Crippen molar-refractivity contribution in [1.29, 1.82) is 0 Å². The minimum atomic E-state index is -0.517. The maximum absolute atomic E-state index is 12.6. The molecule has 0 aliphatic rings. The Morgan fingerprint density at radius 3 is 2.54 bits per heavy atom. The number of carbonyl (C=O) groups excluding carboxylic acids is 1. The van der Waals surface area contributed by atoms with Gasteiger partial charge in [-0.25, -0.2) is 0 Å². The number of halogens is 1. The highest BCUT2D eigenvalue weighted by Crippen LogP contribution is 2.36. The van der Waals surface area contributed by atoms with Crippen molar-refractivity contribution in [2.24, 2.45) is 5.41 Å². The molecule has 2 aromatic rings. The Morgan fingerprint density at radius 2 is 2.00 bits per heavy atom. The fourth-order valence-electron chi connectivity index (χ4n) is 2.81. The highest BCUT2D eigenvalue weighted by atomic mass is 35.5. The molecule has 0 radical (unpaired) electrons. The maximum Gasteiger partial charge on any atom is 0.312 e. The van der Waals surface area contributed by atoms with Crippen LogP contribution in [0.5, 0.6) is 0 Å². The number of esters is 1. The molecule has 1 heterocycles. The number of hydrogen-bond acceptors (Lipinski definition) is 3. The predicted octanol–water partition coefficient (Wildman–Crippen LogP) is 5.67. The summed E-state index contributed by atoms with van der Waals surface area (Å²) in [5.41, 5.74) is 1.79. The van der Waals surface area contributed by atoms with Crippen LogP contribution in [0.1, 0.15) is 56.4 Å². The van der Waals surface area contributed by atoms with Gasteiger partial charge in [-0.1, -0.05) is 38.1 Å². The average molecular weight is 349 g/mol. The monoisotopic (exact) mass is 348 g/mol. The lowest BCUT2D eigenvalue weighted by Gasteiger charge is -2.29. The molecule has 0 N–H and O–H groups in total. The lowest BCUT2D eigenvalue weighted by Crippen LogP contribution is -2.30. The van der Waals surface area contributed by atoms with Gasteiger partial charge in [0.25, 0.3) is 0 Å². The van der Waals surface area contributed by atoms with Crippen molar-refractivity contribution in [2.75, 3.05) is 0 Å². The first kappa shape index (κ1) is 18.6. The molecule has 2 unspecified atom stereocenters. The molecule has 1 aromatic carbocycles. The van der Waals surface area contributed by atoms with E-state index >= 15 is 0 Å². The average Bonchev–Trinajstić information content (AvgIpc) is 3.13. The molecule has 1 aromatic heterocycles. The summed E-state index contributed by atoms with van der Waals surface area (Å²) in [6.45, 7) is 6.32. The van der Waals surface area contributed by atoms with Crippen LogP contribution in [0.4, 0.5) is 0 Å². The SMILES string of the molecule is CCC(C)(CC(C)c1ccc(CCl)cc1)C(=O)OCc1ccco1. The van der Waals surface area contributed by atoms with Crippen molar-refractivity contribution in [1.82, 2.24) is 0 Å². The zero-order valence-electron chi connectivity index (χ0n) is 14.5. The van der Waals surface area contributed by atoms with Gasteiger partial charge < -0.3 is 9.15 Å². The van der Waals surface area contributed by atoms with Gasteiger partial charge in [-0.05, 0) is 48.9 Å². The minimum Gasteiger partial charge on any atom is -0.466 e. The zero-order valence-corrected chi connectivity index (χ0v) is 15.3. The van der Waals surface area contributed by atoms with E-state index in [1.165, 1.54) is 5.56 Å². The molecule has 0 fully saturated rings. The van der Waals surface area contributed by atoms with Gasteiger partial charge in [0.05, 0.1) is 11.7 Å². The second-order valence-electron chi connectivity index (χ2n) is 6.55. The summed E-state index contributed by atoms with van der Waals surface area (Å²) in [6.07, 6.45) is 3.05. The molecule has 2 atom stereocenters. The number of rotatable bonds is 8. The van der Waals surface area contributed by atoms with Crippen molar-refractivity contribution in [3.05, 3.63) is 59.5 Å². The Morgan fingerprint density at radius 1 is 1.29 bits per heavy atom. The van der Waals surface area contributed by atoms with Crippen LogP contribution in [0.3, 0.4) is 0 Å². The summed E-state index contributed by atoms with van der Waals surface area (Å²) in [5, 5.41) is 0. The Kier molecular flexibility index (Phi) is 6.50. The van der Waals surface area contributed by atoms with Crippen molar-refractivity contribution in [2.45, 2.75) is 52.0 Å². The van der Waals surface area contributed by atoms with Crippen molar-refractivity contribution >= 4 is 17.6 Å². The van der Waals surface area contributed by atoms with Gasteiger partial charge in [0.15, 0.2) is 0 Å². The Balaban J connectivity index is 2.00. The van der Waals surface area contributed by atoms with Gasteiger partial charge in [0.1, 0.15) is 12.4 Å². The molecule has 2 rings (SSSR count). The largest absolute Gasteiger partial charge is 0.466 e. The standard InChI is InChI=1S/C20H25ClO3/c1-4-20(3,19(22)24-14-18-6-5-11-23-18)12-15(2)17-9-7-16(13-21)8-10-17/h5-11,15H,4,12-14H2,1-3H3. The third-order valence-electron chi connectivity index (χ3n) is 4.66. The number of hydrogen-bond donors (Lipinski definition) is 0. The number of carbonyl (C=O) groups is 1. The Labute approximate surface area is 149 Å². The summed E-state index contributed by atoms with van der Waals surface area (Å²) in [7, 11) is 0. The molecule has 130 valence electrons. The summed E-state index contributed by atoms with van der Waals surface area (Å²) in [5.74, 6) is 1.26. The third kappa shape index (κ3) is 4.64. The molecular weight excluding hydrogens is 324 g/mol. The second kappa shape index (κ2) is 8.39. The lowest BCUT2D eigenvalue weighted by atomic mass is 9.77. The van der Waals surface area contributed by atoms with E-state index in [0.717, 1.165) is 18.4 Å². The van der Waals surface area contributed by atoms with Crippen LogP contribution in [0, 0.1) is 5.41 Å². The molecule has 0 bridgehead atoms. The van der Waals surface area contributed by atoms with E-state index in [9.17, 15) is 4.79 Å². The van der Waals surface area contributed by atoms with E-state index < -0.39 is 5.41 Å². The van der Waals surface area contributed by atoms with Gasteiger partial charge in [-0.3, -0.25) is 4.79 Å². The topological polar surface area (TPSA) is 39.4 Å². The zero-order chi connectivity index (χ0) is 17.6. The first-order valence-electron chi connectivity index (χ1n) is 8.33. The number of ether oxygens (including phenoxy) is 1. The minimum absolute atomic E-state index is 0.175. The highest BCUT2D eigenvalue weighted by molar-refractivity contribution is 6.17. The maximum atomic E-state index is 12.6. The van der Waals surface area contributed by atoms with Crippen molar-refractivity contribution < 1.29 is 13.9 Å². The fraction of sp³-hybridized carbons (Fsp3) is 0.450. The van der Waals surface area contributed by atoms with Crippen molar-refractivity contribution in [3.63, 3.8) is 0 Å². The van der Waals surface area contributed by atoms with Crippen LogP contribution < -0.4 is 0 Å². The Hall–Kier alpha value is -1.74. The predicted molar refractivity (Wildman–Crippen MR) is 95.9 cm³/mol. The van der Waals surface area contributed by atoms with Gasteiger partial charge >= 0.3 is 5.97 Å². The van der Waals surface area contributed by atoms with E-state index in [1.54, 1.807) is 18.4 Å². The van der Waals surface area contributed by atoms with Crippen LogP contribution in [0.2, 0.25) is 0 Å². The first-order chi connectivity index (χ1) is 11.5. The second-order valence-corrected chi connectivity index (χ2v) is 6.82. The first-order valence-corrected chi connectivity index (χ1v) is 8.86. The quantitative estimate of drug-likeness (QED) is 0.455. The molecule has 0 saturated heterocycles. The normalized spacial score (nSPS) is 14.8. The summed E-state index contributed by atoms with van der Waals surface area (Å²) in [6, 6.07) is 11.8. The molecule has 0 spiro atoms. The van der Waals surface area contributed by atoms with E-state index in [-0.39, 0.29) is 18.5 Å². The highest BCUT2D eigenvalue weighted by Gasteiger charge is 2.35. The van der Waals surface area contributed by atoms with Crippen LogP contribution in [0.15, 0.2) is 47.1 Å². The van der Waals surface area contributed by atoms with Gasteiger partial charge in [0.2, 0.25) is 0 Å². The number of alkyl halides is 1. The molecule has 3 nitrogen and oxygen atoms in total.